The third kappa shape index (κ3) is 6.82. The molecule has 0 saturated carbocycles. The molecule has 0 saturated heterocycles. The largest absolute Gasteiger partial charge is 0.310 e. The van der Waals surface area contributed by atoms with E-state index in [1.807, 2.05) is 0 Å². The molecular formula is C69H49NSi. The van der Waals surface area contributed by atoms with Crippen molar-refractivity contribution in [2.75, 3.05) is 4.90 Å². The van der Waals surface area contributed by atoms with Gasteiger partial charge in [0.2, 0.25) is 0 Å². The molecule has 0 N–H and O–H groups in total. The standard InChI is InChI=1S/C69H49NSi/c1-5-25-54(26-6-1)70(55-43-39-50(40-44-55)51-41-46-60(47-42-51)71(57-27-7-2-8-28-57,58-29-9-3-10-30-58)59-31-11-4-12-32-59)56-45-48-64-63-35-17-18-36-67(63)69(68(64)49-56,65-37-19-23-52-21-13-15-33-61(52)65)66-38-20-24-53-22-14-16-34-62(53)66/h1-49H. The summed E-state index contributed by atoms with van der Waals surface area (Å²) in [5, 5.41) is 10.5. The van der Waals surface area contributed by atoms with Gasteiger partial charge in [0.1, 0.15) is 0 Å². The van der Waals surface area contributed by atoms with Crippen molar-refractivity contribution in [2.45, 2.75) is 5.41 Å². The van der Waals surface area contributed by atoms with Crippen LogP contribution in [0.4, 0.5) is 17.1 Å². The molecule has 0 radical (unpaired) electrons. The Morgan fingerprint density at radius 2 is 0.634 bits per heavy atom. The molecule has 1 nitrogen and oxygen atoms in total. The Bertz CT molecular complexity index is 3660. The molecular weight excluding hydrogens is 871 g/mol. The Morgan fingerprint density at radius 3 is 1.18 bits per heavy atom. The molecule has 12 aromatic carbocycles. The topological polar surface area (TPSA) is 3.24 Å². The Morgan fingerprint density at radius 1 is 0.254 bits per heavy atom. The lowest BCUT2D eigenvalue weighted by Crippen LogP contribution is -2.74. The summed E-state index contributed by atoms with van der Waals surface area (Å²) in [6.07, 6.45) is 0. The van der Waals surface area contributed by atoms with E-state index in [2.05, 4.69) is 302 Å². The number of hydrogen-bond acceptors (Lipinski definition) is 1. The number of fused-ring (bicyclic) bond motifs is 5. The van der Waals surface area contributed by atoms with Gasteiger partial charge in [0.05, 0.1) is 5.41 Å². The predicted molar refractivity (Wildman–Crippen MR) is 302 cm³/mol. The molecule has 1 aliphatic rings. The zero-order valence-corrected chi connectivity index (χ0v) is 40.2. The van der Waals surface area contributed by atoms with Crippen molar-refractivity contribution in [2.24, 2.45) is 0 Å². The monoisotopic (exact) mass is 919 g/mol. The number of rotatable bonds is 10. The van der Waals surface area contributed by atoms with Crippen molar-refractivity contribution < 1.29 is 0 Å². The lowest BCUT2D eigenvalue weighted by Gasteiger charge is -2.36. The number of hydrogen-bond donors (Lipinski definition) is 0. The first-order valence-electron chi connectivity index (χ1n) is 24.7. The molecule has 1 aliphatic carbocycles. The van der Waals surface area contributed by atoms with E-state index in [0.29, 0.717) is 0 Å². The molecule has 334 valence electrons. The van der Waals surface area contributed by atoms with Crippen molar-refractivity contribution in [1.29, 1.82) is 0 Å². The molecule has 0 atom stereocenters. The van der Waals surface area contributed by atoms with Crippen molar-refractivity contribution in [3.05, 3.63) is 320 Å². The summed E-state index contributed by atoms with van der Waals surface area (Å²) in [4.78, 5) is 2.42. The second-order valence-corrected chi connectivity index (χ2v) is 22.5. The third-order valence-electron chi connectivity index (χ3n) is 15.1. The van der Waals surface area contributed by atoms with E-state index < -0.39 is 13.5 Å². The minimum Gasteiger partial charge on any atom is -0.310 e. The summed E-state index contributed by atoms with van der Waals surface area (Å²) >= 11 is 0. The van der Waals surface area contributed by atoms with E-state index >= 15 is 0 Å². The molecule has 0 amide bonds. The van der Waals surface area contributed by atoms with Gasteiger partial charge in [0, 0.05) is 17.1 Å². The number of para-hydroxylation sites is 1. The number of benzene rings is 12. The molecule has 12 aromatic rings. The van der Waals surface area contributed by atoms with E-state index in [0.717, 1.165) is 17.1 Å². The van der Waals surface area contributed by atoms with E-state index in [4.69, 9.17) is 0 Å². The van der Waals surface area contributed by atoms with Crippen molar-refractivity contribution in [3.63, 3.8) is 0 Å². The van der Waals surface area contributed by atoms with Gasteiger partial charge in [-0.15, -0.1) is 0 Å². The van der Waals surface area contributed by atoms with Crippen LogP contribution in [0.5, 0.6) is 0 Å². The minimum atomic E-state index is -2.64. The van der Waals surface area contributed by atoms with Crippen LogP contribution in [0, 0.1) is 0 Å². The van der Waals surface area contributed by atoms with Crippen LogP contribution in [-0.2, 0) is 5.41 Å². The summed E-state index contributed by atoms with van der Waals surface area (Å²) in [7, 11) is -2.64. The highest BCUT2D eigenvalue weighted by Crippen LogP contribution is 2.59. The molecule has 0 bridgehead atoms. The van der Waals surface area contributed by atoms with Gasteiger partial charge in [0.25, 0.3) is 0 Å². The quantitative estimate of drug-likeness (QED) is 0.0976. The summed E-state index contributed by atoms with van der Waals surface area (Å²) < 4.78 is 0. The molecule has 0 aliphatic heterocycles. The molecule has 0 fully saturated rings. The molecule has 0 heterocycles. The van der Waals surface area contributed by atoms with Gasteiger partial charge < -0.3 is 4.90 Å². The minimum absolute atomic E-state index is 0.621. The lowest BCUT2D eigenvalue weighted by molar-refractivity contribution is 0.784. The average molecular weight is 920 g/mol. The second kappa shape index (κ2) is 17.6. The maximum Gasteiger partial charge on any atom is 0.179 e. The lowest BCUT2D eigenvalue weighted by atomic mass is 9.65. The fraction of sp³-hybridized carbons (Fsp3) is 0.0145. The molecule has 71 heavy (non-hydrogen) atoms. The molecule has 0 aromatic heterocycles. The Hall–Kier alpha value is -8.82. The normalized spacial score (nSPS) is 12.6. The highest BCUT2D eigenvalue weighted by molar-refractivity contribution is 7.19. The van der Waals surface area contributed by atoms with Gasteiger partial charge in [-0.3, -0.25) is 0 Å². The van der Waals surface area contributed by atoms with Crippen molar-refractivity contribution >= 4 is 67.4 Å². The first kappa shape index (κ1) is 42.3. The highest BCUT2D eigenvalue weighted by Gasteiger charge is 2.48. The maximum absolute atomic E-state index is 2.64. The van der Waals surface area contributed by atoms with E-state index in [1.54, 1.807) is 0 Å². The van der Waals surface area contributed by atoms with Crippen LogP contribution in [0.1, 0.15) is 22.3 Å². The van der Waals surface area contributed by atoms with Gasteiger partial charge in [0.15, 0.2) is 8.07 Å². The van der Waals surface area contributed by atoms with E-state index in [1.165, 1.54) is 86.8 Å². The first-order valence-corrected chi connectivity index (χ1v) is 26.7. The summed E-state index contributed by atoms with van der Waals surface area (Å²) in [5.74, 6) is 0. The van der Waals surface area contributed by atoms with Crippen LogP contribution in [0.3, 0.4) is 0 Å². The zero-order valence-electron chi connectivity index (χ0n) is 39.2. The van der Waals surface area contributed by atoms with Crippen LogP contribution in [0.2, 0.25) is 0 Å². The van der Waals surface area contributed by atoms with Crippen molar-refractivity contribution in [3.8, 4) is 22.3 Å². The summed E-state index contributed by atoms with van der Waals surface area (Å²) in [6.45, 7) is 0. The van der Waals surface area contributed by atoms with Crippen molar-refractivity contribution in [1.82, 2.24) is 0 Å². The van der Waals surface area contributed by atoms with Gasteiger partial charge in [-0.2, -0.15) is 0 Å². The van der Waals surface area contributed by atoms with Gasteiger partial charge in [-0.1, -0.05) is 261 Å². The Kier molecular flexibility index (Phi) is 10.5. The van der Waals surface area contributed by atoms with Gasteiger partial charge in [-0.25, -0.2) is 0 Å². The van der Waals surface area contributed by atoms with E-state index in [9.17, 15) is 0 Å². The van der Waals surface area contributed by atoms with Crippen LogP contribution in [0.25, 0.3) is 43.8 Å². The Labute approximate surface area is 417 Å². The smallest absolute Gasteiger partial charge is 0.179 e. The second-order valence-electron chi connectivity index (χ2n) is 18.7. The summed E-state index contributed by atoms with van der Waals surface area (Å²) in [5.41, 5.74) is 12.7. The highest BCUT2D eigenvalue weighted by atomic mass is 28.3. The zero-order chi connectivity index (χ0) is 47.2. The van der Waals surface area contributed by atoms with Gasteiger partial charge >= 0.3 is 0 Å². The van der Waals surface area contributed by atoms with Crippen LogP contribution < -0.4 is 25.6 Å². The SMILES string of the molecule is c1ccc(N(c2ccc(-c3ccc([Si](c4ccccc4)(c4ccccc4)c4ccccc4)cc3)cc2)c2ccc3c(c2)C(c2cccc4ccccc24)(c2cccc4ccccc24)c2ccccc2-3)cc1. The molecule has 2 heteroatoms. The first-order chi connectivity index (χ1) is 35.2. The maximum atomic E-state index is 2.49. The number of anilines is 3. The molecule has 0 unspecified atom stereocenters. The molecule has 13 rings (SSSR count). The average Bonchev–Trinajstić information content (AvgIpc) is 3.75. The number of nitrogens with zero attached hydrogens (tertiary/aromatic N) is 1. The van der Waals surface area contributed by atoms with Crippen LogP contribution in [0.15, 0.2) is 297 Å². The fourth-order valence-corrected chi connectivity index (χ4v) is 16.8. The fourth-order valence-electron chi connectivity index (χ4n) is 12.0. The van der Waals surface area contributed by atoms with E-state index in [-0.39, 0.29) is 0 Å². The summed E-state index contributed by atoms with van der Waals surface area (Å²) in [6, 6.07) is 111. The molecule has 0 spiro atoms. The Balaban J connectivity index is 0.959. The van der Waals surface area contributed by atoms with Crippen LogP contribution >= 0.6 is 0 Å². The van der Waals surface area contributed by atoms with Gasteiger partial charge in [-0.05, 0) is 123 Å². The van der Waals surface area contributed by atoms with Crippen LogP contribution in [-0.4, -0.2) is 8.07 Å². The predicted octanol–water partition coefficient (Wildman–Crippen LogP) is 14.9. The third-order valence-corrected chi connectivity index (χ3v) is 19.9.